The lowest BCUT2D eigenvalue weighted by Gasteiger charge is -2.33. The average Bonchev–Trinajstić information content (AvgIpc) is 3.09. The molecule has 1 amide bonds. The fourth-order valence-corrected chi connectivity index (χ4v) is 5.48. The zero-order valence-corrected chi connectivity index (χ0v) is 21.2. The van der Waals surface area contributed by atoms with E-state index in [1.165, 1.54) is 23.1 Å². The standard InChI is InChI=1S/C20H25Cl2N3O3S2.ClH/c1-12-19(13(2)26)30-20(24-12)29-11-18(27)23-8-15-10-25(5-6-28-15)9-14-3-4-16(21)17(22)7-14;/h3-4,7,13,15,26H,5-6,8-11H2,1-2H3,(H,23,27);1H/t13-,15-;/m0./s1. The molecule has 1 aromatic heterocycles. The second-order valence-corrected chi connectivity index (χ2v) is 10.2. The number of aromatic nitrogens is 1. The summed E-state index contributed by atoms with van der Waals surface area (Å²) in [6.07, 6.45) is -0.597. The lowest BCUT2D eigenvalue weighted by molar-refractivity contribution is -0.119. The third-order valence-corrected chi connectivity index (χ3v) is 7.87. The van der Waals surface area contributed by atoms with E-state index < -0.39 is 6.10 Å². The van der Waals surface area contributed by atoms with E-state index in [2.05, 4.69) is 15.2 Å². The molecule has 6 nitrogen and oxygen atoms in total. The number of carbonyl (C=O) groups is 1. The highest BCUT2D eigenvalue weighted by atomic mass is 35.5. The van der Waals surface area contributed by atoms with Gasteiger partial charge in [0, 0.05) is 26.2 Å². The Morgan fingerprint density at radius 2 is 2.23 bits per heavy atom. The maximum Gasteiger partial charge on any atom is 0.230 e. The number of hydrogen-bond donors (Lipinski definition) is 2. The van der Waals surface area contributed by atoms with Crippen molar-refractivity contribution in [3.05, 3.63) is 44.4 Å². The number of nitrogens with zero attached hydrogens (tertiary/aromatic N) is 2. The van der Waals surface area contributed by atoms with Crippen LogP contribution in [0.3, 0.4) is 0 Å². The molecule has 2 heterocycles. The number of aryl methyl sites for hydroxylation is 1. The van der Waals surface area contributed by atoms with Crippen molar-refractivity contribution in [2.24, 2.45) is 0 Å². The lowest BCUT2D eigenvalue weighted by Crippen LogP contribution is -2.47. The van der Waals surface area contributed by atoms with E-state index in [1.54, 1.807) is 6.92 Å². The Labute approximate surface area is 207 Å². The monoisotopic (exact) mass is 525 g/mol. The molecular weight excluding hydrogens is 501 g/mol. The van der Waals surface area contributed by atoms with Crippen molar-refractivity contribution in [3.8, 4) is 0 Å². The van der Waals surface area contributed by atoms with E-state index >= 15 is 0 Å². The Bertz CT molecular complexity index is 883. The number of halogens is 3. The van der Waals surface area contributed by atoms with Crippen molar-refractivity contribution in [2.45, 2.75) is 36.9 Å². The van der Waals surface area contributed by atoms with Crippen molar-refractivity contribution in [3.63, 3.8) is 0 Å². The molecule has 0 bridgehead atoms. The van der Waals surface area contributed by atoms with Gasteiger partial charge in [0.1, 0.15) is 0 Å². The van der Waals surface area contributed by atoms with Crippen LogP contribution in [-0.4, -0.2) is 59.0 Å². The molecule has 0 aliphatic carbocycles. The summed E-state index contributed by atoms with van der Waals surface area (Å²) in [5, 5.41) is 13.8. The topological polar surface area (TPSA) is 74.7 Å². The number of nitrogens with one attached hydrogen (secondary N) is 1. The normalized spacial score (nSPS) is 17.8. The summed E-state index contributed by atoms with van der Waals surface area (Å²) >= 11 is 14.9. The van der Waals surface area contributed by atoms with Crippen LogP contribution < -0.4 is 5.32 Å². The van der Waals surface area contributed by atoms with Gasteiger partial charge >= 0.3 is 0 Å². The molecule has 2 aromatic rings. The molecule has 1 aromatic carbocycles. The van der Waals surface area contributed by atoms with Gasteiger partial charge in [-0.15, -0.1) is 23.7 Å². The van der Waals surface area contributed by atoms with Gasteiger partial charge in [-0.2, -0.15) is 0 Å². The van der Waals surface area contributed by atoms with Gasteiger partial charge in [0.05, 0.1) is 45.2 Å². The van der Waals surface area contributed by atoms with E-state index in [4.69, 9.17) is 27.9 Å². The quantitative estimate of drug-likeness (QED) is 0.498. The van der Waals surface area contributed by atoms with Gasteiger partial charge in [0.15, 0.2) is 4.34 Å². The first-order chi connectivity index (χ1) is 14.3. The first-order valence-corrected chi connectivity index (χ1v) is 12.2. The van der Waals surface area contributed by atoms with Crippen molar-refractivity contribution in [2.75, 3.05) is 32.0 Å². The van der Waals surface area contributed by atoms with Crippen LogP contribution in [-0.2, 0) is 16.1 Å². The van der Waals surface area contributed by atoms with E-state index in [0.717, 1.165) is 40.1 Å². The second-order valence-electron chi connectivity index (χ2n) is 7.17. The number of morpholine rings is 1. The van der Waals surface area contributed by atoms with Crippen LogP contribution in [0, 0.1) is 6.92 Å². The van der Waals surface area contributed by atoms with Crippen molar-refractivity contribution in [1.82, 2.24) is 15.2 Å². The predicted molar refractivity (Wildman–Crippen MR) is 130 cm³/mol. The number of ether oxygens (including phenoxy) is 1. The van der Waals surface area contributed by atoms with E-state index in [-0.39, 0.29) is 30.2 Å². The zero-order valence-electron chi connectivity index (χ0n) is 17.3. The summed E-state index contributed by atoms with van der Waals surface area (Å²) in [6.45, 7) is 7.00. The molecule has 3 rings (SSSR count). The Balaban J connectivity index is 0.00000341. The molecule has 1 saturated heterocycles. The summed E-state index contributed by atoms with van der Waals surface area (Å²) < 4.78 is 6.59. The van der Waals surface area contributed by atoms with Crippen LogP contribution >= 0.6 is 58.7 Å². The van der Waals surface area contributed by atoms with Crippen molar-refractivity contribution >= 4 is 64.6 Å². The summed E-state index contributed by atoms with van der Waals surface area (Å²) in [5.74, 6) is 0.225. The van der Waals surface area contributed by atoms with E-state index in [0.29, 0.717) is 23.2 Å². The highest BCUT2D eigenvalue weighted by Crippen LogP contribution is 2.31. The molecule has 2 atom stereocenters. The number of thioether (sulfide) groups is 1. The Morgan fingerprint density at radius 3 is 2.90 bits per heavy atom. The molecule has 1 aliphatic rings. The molecule has 0 saturated carbocycles. The highest BCUT2D eigenvalue weighted by molar-refractivity contribution is 8.01. The number of aliphatic hydroxyl groups excluding tert-OH is 1. The lowest BCUT2D eigenvalue weighted by atomic mass is 10.2. The van der Waals surface area contributed by atoms with Crippen LogP contribution in [0.2, 0.25) is 10.0 Å². The number of benzene rings is 1. The van der Waals surface area contributed by atoms with Crippen LogP contribution in [0.4, 0.5) is 0 Å². The maximum atomic E-state index is 12.2. The van der Waals surface area contributed by atoms with Crippen LogP contribution in [0.1, 0.15) is 29.2 Å². The molecule has 1 fully saturated rings. The minimum absolute atomic E-state index is 0. The number of thiazole rings is 1. The van der Waals surface area contributed by atoms with Gasteiger partial charge in [-0.3, -0.25) is 9.69 Å². The summed E-state index contributed by atoms with van der Waals surface area (Å²) in [6, 6.07) is 5.67. The smallest absolute Gasteiger partial charge is 0.230 e. The minimum atomic E-state index is -0.541. The molecule has 11 heteroatoms. The fourth-order valence-electron chi connectivity index (χ4n) is 3.18. The minimum Gasteiger partial charge on any atom is -0.388 e. The number of carbonyl (C=O) groups excluding carboxylic acids is 1. The Hall–Kier alpha value is -0.580. The van der Waals surface area contributed by atoms with Gasteiger partial charge in [0.25, 0.3) is 0 Å². The number of hydrogen-bond acceptors (Lipinski definition) is 7. The number of rotatable bonds is 8. The Kier molecular flexibility index (Phi) is 10.8. The summed E-state index contributed by atoms with van der Waals surface area (Å²) in [7, 11) is 0. The van der Waals surface area contributed by atoms with Gasteiger partial charge in [-0.25, -0.2) is 4.98 Å². The van der Waals surface area contributed by atoms with Gasteiger partial charge in [-0.05, 0) is 31.5 Å². The Morgan fingerprint density at radius 1 is 1.45 bits per heavy atom. The average molecular weight is 527 g/mol. The zero-order chi connectivity index (χ0) is 21.7. The van der Waals surface area contributed by atoms with Gasteiger partial charge in [0.2, 0.25) is 5.91 Å². The second kappa shape index (κ2) is 12.6. The predicted octanol–water partition coefficient (Wildman–Crippen LogP) is 4.34. The number of amides is 1. The summed E-state index contributed by atoms with van der Waals surface area (Å²) in [5.41, 5.74) is 1.91. The molecule has 1 aliphatic heterocycles. The third kappa shape index (κ3) is 8.05. The van der Waals surface area contributed by atoms with Crippen LogP contribution in [0.15, 0.2) is 22.5 Å². The first kappa shape index (κ1) is 26.7. The third-order valence-electron chi connectivity index (χ3n) is 4.66. The molecule has 0 radical (unpaired) electrons. The highest BCUT2D eigenvalue weighted by Gasteiger charge is 2.21. The molecular formula is C20H26Cl3N3O3S2. The van der Waals surface area contributed by atoms with Gasteiger partial charge in [-0.1, -0.05) is 41.0 Å². The van der Waals surface area contributed by atoms with Crippen molar-refractivity contribution < 1.29 is 14.6 Å². The molecule has 172 valence electrons. The fraction of sp³-hybridized carbons (Fsp3) is 0.500. The molecule has 0 spiro atoms. The van der Waals surface area contributed by atoms with Crippen LogP contribution in [0.5, 0.6) is 0 Å². The molecule has 2 N–H and O–H groups in total. The van der Waals surface area contributed by atoms with Gasteiger partial charge < -0.3 is 15.2 Å². The van der Waals surface area contributed by atoms with E-state index in [1.807, 2.05) is 25.1 Å². The number of aliphatic hydroxyl groups is 1. The summed E-state index contributed by atoms with van der Waals surface area (Å²) in [4.78, 5) is 19.8. The largest absolute Gasteiger partial charge is 0.388 e. The molecule has 31 heavy (non-hydrogen) atoms. The first-order valence-electron chi connectivity index (χ1n) is 9.64. The SMILES string of the molecule is Cc1nc(SCC(=O)NC[C@H]2CN(Cc3ccc(Cl)c(Cl)c3)CCO2)sc1[C@H](C)O.Cl. The molecule has 0 unspecified atom stereocenters. The maximum absolute atomic E-state index is 12.2. The van der Waals surface area contributed by atoms with E-state index in [9.17, 15) is 9.90 Å². The van der Waals surface area contributed by atoms with Crippen molar-refractivity contribution in [1.29, 1.82) is 0 Å². The van der Waals surface area contributed by atoms with Crippen LogP contribution in [0.25, 0.3) is 0 Å².